The number of aromatic nitrogens is 2. The molecule has 0 aromatic carbocycles. The minimum absolute atomic E-state index is 0.0886. The third kappa shape index (κ3) is 1.84. The maximum absolute atomic E-state index is 12.0. The zero-order chi connectivity index (χ0) is 11.8. The Morgan fingerprint density at radius 3 is 2.88 bits per heavy atom. The SMILES string of the molecule is Nc1nc2scc(C3CCCCC3)c2c(=O)[nH]1. The second kappa shape index (κ2) is 4.14. The zero-order valence-corrected chi connectivity index (χ0v) is 10.3. The summed E-state index contributed by atoms with van der Waals surface area (Å²) in [6.07, 6.45) is 6.23. The van der Waals surface area contributed by atoms with Crippen molar-refractivity contribution in [3.63, 3.8) is 0 Å². The van der Waals surface area contributed by atoms with Crippen LogP contribution in [0.15, 0.2) is 10.2 Å². The number of H-pyrrole nitrogens is 1. The van der Waals surface area contributed by atoms with Gasteiger partial charge < -0.3 is 5.73 Å². The van der Waals surface area contributed by atoms with Crippen LogP contribution in [0.1, 0.15) is 43.6 Å². The first kappa shape index (κ1) is 10.8. The summed E-state index contributed by atoms with van der Waals surface area (Å²) in [7, 11) is 0. The maximum atomic E-state index is 12.0. The minimum atomic E-state index is -0.0886. The zero-order valence-electron chi connectivity index (χ0n) is 9.53. The molecule has 1 fully saturated rings. The predicted octanol–water partition coefficient (Wildman–Crippen LogP) is 2.61. The molecule has 2 aromatic heterocycles. The Hall–Kier alpha value is -1.36. The van der Waals surface area contributed by atoms with Crippen molar-refractivity contribution in [2.24, 2.45) is 0 Å². The number of rotatable bonds is 1. The van der Waals surface area contributed by atoms with Gasteiger partial charge in [0, 0.05) is 0 Å². The van der Waals surface area contributed by atoms with E-state index >= 15 is 0 Å². The minimum Gasteiger partial charge on any atom is -0.369 e. The quantitative estimate of drug-likeness (QED) is 0.816. The summed E-state index contributed by atoms with van der Waals surface area (Å²) >= 11 is 1.52. The van der Waals surface area contributed by atoms with Crippen molar-refractivity contribution in [1.82, 2.24) is 9.97 Å². The van der Waals surface area contributed by atoms with E-state index in [9.17, 15) is 4.79 Å². The van der Waals surface area contributed by atoms with E-state index in [-0.39, 0.29) is 11.5 Å². The lowest BCUT2D eigenvalue weighted by molar-refractivity contribution is 0.446. The van der Waals surface area contributed by atoms with E-state index in [4.69, 9.17) is 5.73 Å². The second-order valence-electron chi connectivity index (χ2n) is 4.66. The molecule has 5 heteroatoms. The van der Waals surface area contributed by atoms with Crippen molar-refractivity contribution in [1.29, 1.82) is 0 Å². The summed E-state index contributed by atoms with van der Waals surface area (Å²) < 4.78 is 0. The first-order chi connectivity index (χ1) is 8.25. The molecule has 1 aliphatic rings. The van der Waals surface area contributed by atoms with Gasteiger partial charge in [-0.3, -0.25) is 9.78 Å². The Morgan fingerprint density at radius 1 is 1.35 bits per heavy atom. The number of hydrogen-bond acceptors (Lipinski definition) is 4. The summed E-state index contributed by atoms with van der Waals surface area (Å²) in [5.41, 5.74) is 6.64. The van der Waals surface area contributed by atoms with E-state index in [0.29, 0.717) is 5.92 Å². The van der Waals surface area contributed by atoms with Crippen molar-refractivity contribution in [3.05, 3.63) is 21.3 Å². The lowest BCUT2D eigenvalue weighted by Crippen LogP contribution is -2.13. The number of aromatic amines is 1. The number of nitrogen functional groups attached to an aromatic ring is 1. The highest BCUT2D eigenvalue weighted by Gasteiger charge is 2.21. The Bertz CT molecular complexity index is 595. The normalized spacial score (nSPS) is 17.6. The van der Waals surface area contributed by atoms with Gasteiger partial charge in [0.2, 0.25) is 5.95 Å². The molecule has 0 atom stereocenters. The Morgan fingerprint density at radius 2 is 2.12 bits per heavy atom. The van der Waals surface area contributed by atoms with Crippen molar-refractivity contribution in [2.75, 3.05) is 5.73 Å². The van der Waals surface area contributed by atoms with E-state index in [1.165, 1.54) is 49.0 Å². The molecule has 0 spiro atoms. The lowest BCUT2D eigenvalue weighted by atomic mass is 9.84. The molecule has 1 saturated carbocycles. The summed E-state index contributed by atoms with van der Waals surface area (Å²) in [5, 5.41) is 2.85. The van der Waals surface area contributed by atoms with Crippen LogP contribution in [0.2, 0.25) is 0 Å². The van der Waals surface area contributed by atoms with Gasteiger partial charge in [-0.2, -0.15) is 0 Å². The first-order valence-corrected chi connectivity index (χ1v) is 6.90. The number of nitrogens with one attached hydrogen (secondary N) is 1. The molecule has 2 heterocycles. The van der Waals surface area contributed by atoms with Crippen molar-refractivity contribution in [3.8, 4) is 0 Å². The average Bonchev–Trinajstić information content (AvgIpc) is 2.74. The number of hydrogen-bond donors (Lipinski definition) is 2. The smallest absolute Gasteiger partial charge is 0.261 e. The van der Waals surface area contributed by atoms with Gasteiger partial charge in [0.25, 0.3) is 5.56 Å². The molecule has 3 N–H and O–H groups in total. The molecule has 0 unspecified atom stereocenters. The Kier molecular flexibility index (Phi) is 2.63. The molecule has 90 valence electrons. The molecule has 0 aliphatic heterocycles. The van der Waals surface area contributed by atoms with Gasteiger partial charge in [-0.15, -0.1) is 11.3 Å². The van der Waals surface area contributed by atoms with Crippen LogP contribution in [-0.4, -0.2) is 9.97 Å². The summed E-state index contributed by atoms with van der Waals surface area (Å²) in [4.78, 5) is 19.5. The van der Waals surface area contributed by atoms with Crippen LogP contribution in [-0.2, 0) is 0 Å². The molecule has 2 aromatic rings. The fourth-order valence-electron chi connectivity index (χ4n) is 2.70. The number of fused-ring (bicyclic) bond motifs is 1. The van der Waals surface area contributed by atoms with Crippen LogP contribution < -0.4 is 11.3 Å². The van der Waals surface area contributed by atoms with E-state index in [1.54, 1.807) is 0 Å². The van der Waals surface area contributed by atoms with Crippen LogP contribution in [0.25, 0.3) is 10.2 Å². The molecular formula is C12H15N3OS. The van der Waals surface area contributed by atoms with Gasteiger partial charge in [0.15, 0.2) is 0 Å². The number of thiophene rings is 1. The average molecular weight is 249 g/mol. The third-order valence-electron chi connectivity index (χ3n) is 3.54. The molecule has 0 saturated heterocycles. The van der Waals surface area contributed by atoms with Gasteiger partial charge in [-0.05, 0) is 29.7 Å². The fourth-order valence-corrected chi connectivity index (χ4v) is 3.73. The highest BCUT2D eigenvalue weighted by atomic mass is 32.1. The molecule has 0 amide bonds. The Balaban J connectivity index is 2.14. The first-order valence-electron chi connectivity index (χ1n) is 6.02. The van der Waals surface area contributed by atoms with Gasteiger partial charge in [-0.25, -0.2) is 4.98 Å². The molecule has 4 nitrogen and oxygen atoms in total. The lowest BCUT2D eigenvalue weighted by Gasteiger charge is -2.20. The highest BCUT2D eigenvalue weighted by Crippen LogP contribution is 2.37. The van der Waals surface area contributed by atoms with Crippen molar-refractivity contribution >= 4 is 27.5 Å². The van der Waals surface area contributed by atoms with E-state index < -0.39 is 0 Å². The predicted molar refractivity (Wildman–Crippen MR) is 70.5 cm³/mol. The summed E-state index contributed by atoms with van der Waals surface area (Å²) in [6.45, 7) is 0. The van der Waals surface area contributed by atoms with Gasteiger partial charge >= 0.3 is 0 Å². The monoisotopic (exact) mass is 249 g/mol. The largest absolute Gasteiger partial charge is 0.369 e. The molecular weight excluding hydrogens is 234 g/mol. The summed E-state index contributed by atoms with van der Waals surface area (Å²) in [6, 6.07) is 0. The Labute approximate surface area is 103 Å². The molecule has 0 bridgehead atoms. The number of nitrogens with two attached hydrogens (primary N) is 1. The fraction of sp³-hybridized carbons (Fsp3) is 0.500. The summed E-state index contributed by atoms with van der Waals surface area (Å²) in [5.74, 6) is 0.739. The van der Waals surface area contributed by atoms with E-state index in [0.717, 1.165) is 10.2 Å². The number of nitrogens with zero attached hydrogens (tertiary/aromatic N) is 1. The van der Waals surface area contributed by atoms with Crippen molar-refractivity contribution in [2.45, 2.75) is 38.0 Å². The van der Waals surface area contributed by atoms with E-state index in [1.807, 2.05) is 0 Å². The highest BCUT2D eigenvalue weighted by molar-refractivity contribution is 7.16. The number of anilines is 1. The van der Waals surface area contributed by atoms with Crippen LogP contribution >= 0.6 is 11.3 Å². The van der Waals surface area contributed by atoms with Crippen LogP contribution in [0, 0.1) is 0 Å². The van der Waals surface area contributed by atoms with Gasteiger partial charge in [0.05, 0.1) is 5.39 Å². The van der Waals surface area contributed by atoms with Gasteiger partial charge in [-0.1, -0.05) is 19.3 Å². The van der Waals surface area contributed by atoms with Gasteiger partial charge in [0.1, 0.15) is 4.83 Å². The second-order valence-corrected chi connectivity index (χ2v) is 5.52. The van der Waals surface area contributed by atoms with Crippen LogP contribution in [0.3, 0.4) is 0 Å². The van der Waals surface area contributed by atoms with Crippen LogP contribution in [0.4, 0.5) is 5.95 Å². The van der Waals surface area contributed by atoms with E-state index in [2.05, 4.69) is 15.3 Å². The molecule has 1 aliphatic carbocycles. The maximum Gasteiger partial charge on any atom is 0.261 e. The topological polar surface area (TPSA) is 71.8 Å². The molecule has 3 rings (SSSR count). The molecule has 0 radical (unpaired) electrons. The standard InChI is InChI=1S/C12H15N3OS/c13-12-14-10(16)9-8(6-17-11(9)15-12)7-4-2-1-3-5-7/h6-7H,1-5H2,(H3,13,14,15,16). The van der Waals surface area contributed by atoms with Crippen LogP contribution in [0.5, 0.6) is 0 Å². The van der Waals surface area contributed by atoms with Crippen molar-refractivity contribution < 1.29 is 0 Å². The molecule has 17 heavy (non-hydrogen) atoms. The third-order valence-corrected chi connectivity index (χ3v) is 4.43.